The van der Waals surface area contributed by atoms with Gasteiger partial charge in [0, 0.05) is 30.6 Å². The molecule has 2 rings (SSSR count). The Hall–Kier alpha value is -0.450. The zero-order chi connectivity index (χ0) is 9.97. The van der Waals surface area contributed by atoms with Crippen LogP contribution in [-0.2, 0) is 6.54 Å². The number of hydrogen-bond donors (Lipinski definition) is 1. The zero-order valence-corrected chi connectivity index (χ0v) is 9.33. The smallest absolute Gasteiger partial charge is 0.0795 e. The molecule has 0 saturated carbocycles. The zero-order valence-electron chi connectivity index (χ0n) is 8.52. The Morgan fingerprint density at radius 3 is 3.21 bits per heavy atom. The number of piperidine rings is 1. The third-order valence-corrected chi connectivity index (χ3v) is 3.54. The molecule has 2 N–H and O–H groups in total. The monoisotopic (exact) mass is 211 g/mol. The molecular formula is C10H17N3S. The third-order valence-electron chi connectivity index (χ3n) is 2.90. The summed E-state index contributed by atoms with van der Waals surface area (Å²) in [5.41, 5.74) is 9.01. The first-order valence-electron chi connectivity index (χ1n) is 5.12. The van der Waals surface area contributed by atoms with Gasteiger partial charge in [-0.25, -0.2) is 4.98 Å². The minimum absolute atomic E-state index is 0.400. The van der Waals surface area contributed by atoms with Crippen LogP contribution in [0.25, 0.3) is 0 Å². The molecule has 0 radical (unpaired) electrons. The highest BCUT2D eigenvalue weighted by molar-refractivity contribution is 7.07. The van der Waals surface area contributed by atoms with Gasteiger partial charge in [-0.2, -0.15) is 0 Å². The summed E-state index contributed by atoms with van der Waals surface area (Å²) >= 11 is 1.67. The molecular weight excluding hydrogens is 194 g/mol. The van der Waals surface area contributed by atoms with E-state index in [9.17, 15) is 0 Å². The van der Waals surface area contributed by atoms with Crippen molar-refractivity contribution in [2.24, 2.45) is 5.73 Å². The summed E-state index contributed by atoms with van der Waals surface area (Å²) in [4.78, 5) is 6.78. The van der Waals surface area contributed by atoms with Crippen LogP contribution in [0.2, 0.25) is 0 Å². The van der Waals surface area contributed by atoms with Crippen molar-refractivity contribution in [3.05, 3.63) is 16.6 Å². The van der Waals surface area contributed by atoms with E-state index in [-0.39, 0.29) is 0 Å². The van der Waals surface area contributed by atoms with Gasteiger partial charge in [-0.15, -0.1) is 11.3 Å². The minimum Gasteiger partial charge on any atom is -0.328 e. The number of aromatic nitrogens is 1. The SMILES string of the molecule is CC1CC(N)CCN1Cc1cscn1. The molecule has 2 heterocycles. The summed E-state index contributed by atoms with van der Waals surface area (Å²) in [7, 11) is 0. The summed E-state index contributed by atoms with van der Waals surface area (Å²) in [6.45, 7) is 4.35. The molecule has 0 aliphatic carbocycles. The fourth-order valence-electron chi connectivity index (χ4n) is 2.02. The second-order valence-electron chi connectivity index (χ2n) is 4.08. The maximum atomic E-state index is 5.92. The summed E-state index contributed by atoms with van der Waals surface area (Å²) in [6.07, 6.45) is 2.23. The number of nitrogens with two attached hydrogens (primary N) is 1. The lowest BCUT2D eigenvalue weighted by molar-refractivity contribution is 0.138. The molecule has 0 bridgehead atoms. The van der Waals surface area contributed by atoms with Crippen LogP contribution in [0.4, 0.5) is 0 Å². The van der Waals surface area contributed by atoms with Crippen LogP contribution < -0.4 is 5.73 Å². The highest BCUT2D eigenvalue weighted by atomic mass is 32.1. The van der Waals surface area contributed by atoms with E-state index in [0.29, 0.717) is 12.1 Å². The Kier molecular flexibility index (Phi) is 3.15. The maximum Gasteiger partial charge on any atom is 0.0795 e. The topological polar surface area (TPSA) is 42.1 Å². The number of thiazole rings is 1. The van der Waals surface area contributed by atoms with Gasteiger partial charge < -0.3 is 5.73 Å². The lowest BCUT2D eigenvalue weighted by Gasteiger charge is -2.35. The van der Waals surface area contributed by atoms with Gasteiger partial charge in [-0.05, 0) is 19.8 Å². The molecule has 0 aromatic carbocycles. The highest BCUT2D eigenvalue weighted by Gasteiger charge is 2.23. The molecule has 1 aliphatic rings. The fraction of sp³-hybridized carbons (Fsp3) is 0.700. The highest BCUT2D eigenvalue weighted by Crippen LogP contribution is 2.18. The lowest BCUT2D eigenvalue weighted by Crippen LogP contribution is -2.44. The van der Waals surface area contributed by atoms with Crippen molar-refractivity contribution in [2.75, 3.05) is 6.54 Å². The van der Waals surface area contributed by atoms with Gasteiger partial charge in [-0.1, -0.05) is 0 Å². The van der Waals surface area contributed by atoms with Gasteiger partial charge in [0.15, 0.2) is 0 Å². The van der Waals surface area contributed by atoms with Crippen LogP contribution >= 0.6 is 11.3 Å². The summed E-state index contributed by atoms with van der Waals surface area (Å²) in [5, 5.41) is 2.13. The van der Waals surface area contributed by atoms with Crippen molar-refractivity contribution in [1.29, 1.82) is 0 Å². The van der Waals surface area contributed by atoms with Crippen molar-refractivity contribution in [3.63, 3.8) is 0 Å². The normalized spacial score (nSPS) is 29.3. The van der Waals surface area contributed by atoms with Gasteiger partial charge in [-0.3, -0.25) is 4.90 Å². The van der Waals surface area contributed by atoms with Gasteiger partial charge in [0.25, 0.3) is 0 Å². The van der Waals surface area contributed by atoms with E-state index < -0.39 is 0 Å². The first-order chi connectivity index (χ1) is 6.75. The molecule has 1 aromatic rings. The summed E-state index contributed by atoms with van der Waals surface area (Å²) in [6, 6.07) is 0.997. The minimum atomic E-state index is 0.400. The van der Waals surface area contributed by atoms with Crippen LogP contribution in [0.3, 0.4) is 0 Å². The molecule has 1 aromatic heterocycles. The fourth-order valence-corrected chi connectivity index (χ4v) is 2.57. The molecule has 3 nitrogen and oxygen atoms in total. The standard InChI is InChI=1S/C10H17N3S/c1-8-4-9(11)2-3-13(8)5-10-6-14-7-12-10/h6-9H,2-5,11H2,1H3. The first-order valence-corrected chi connectivity index (χ1v) is 6.06. The quantitative estimate of drug-likeness (QED) is 0.805. The maximum absolute atomic E-state index is 5.92. The van der Waals surface area contributed by atoms with Crippen molar-refractivity contribution in [1.82, 2.24) is 9.88 Å². The van der Waals surface area contributed by atoms with E-state index in [4.69, 9.17) is 5.73 Å². The second-order valence-corrected chi connectivity index (χ2v) is 4.80. The molecule has 1 saturated heterocycles. The van der Waals surface area contributed by atoms with Gasteiger partial charge in [0.2, 0.25) is 0 Å². The van der Waals surface area contributed by atoms with E-state index in [2.05, 4.69) is 22.2 Å². The van der Waals surface area contributed by atoms with E-state index in [1.54, 1.807) is 11.3 Å². The van der Waals surface area contributed by atoms with Crippen LogP contribution in [-0.4, -0.2) is 28.5 Å². The number of rotatable bonds is 2. The molecule has 14 heavy (non-hydrogen) atoms. The van der Waals surface area contributed by atoms with E-state index in [0.717, 1.165) is 25.9 Å². The average Bonchev–Trinajstić information content (AvgIpc) is 2.62. The lowest BCUT2D eigenvalue weighted by atomic mass is 9.99. The number of likely N-dealkylation sites (tertiary alicyclic amines) is 1. The Balaban J connectivity index is 1.92. The Labute approximate surface area is 88.9 Å². The van der Waals surface area contributed by atoms with Crippen molar-refractivity contribution >= 4 is 11.3 Å². The molecule has 1 aliphatic heterocycles. The summed E-state index contributed by atoms with van der Waals surface area (Å²) < 4.78 is 0. The second kappa shape index (κ2) is 4.38. The molecule has 2 atom stereocenters. The third kappa shape index (κ3) is 2.32. The van der Waals surface area contributed by atoms with Crippen LogP contribution in [0.15, 0.2) is 10.9 Å². The molecule has 1 fully saturated rings. The molecule has 0 amide bonds. The van der Waals surface area contributed by atoms with Crippen LogP contribution in [0.5, 0.6) is 0 Å². The van der Waals surface area contributed by atoms with Gasteiger partial charge in [0.05, 0.1) is 11.2 Å². The molecule has 78 valence electrons. The molecule has 2 unspecified atom stereocenters. The molecule has 4 heteroatoms. The van der Waals surface area contributed by atoms with Gasteiger partial charge in [0.1, 0.15) is 0 Å². The Morgan fingerprint density at radius 2 is 2.57 bits per heavy atom. The number of hydrogen-bond acceptors (Lipinski definition) is 4. The first kappa shape index (κ1) is 10.1. The van der Waals surface area contributed by atoms with Crippen LogP contribution in [0, 0.1) is 0 Å². The van der Waals surface area contributed by atoms with Crippen molar-refractivity contribution in [2.45, 2.75) is 38.4 Å². The van der Waals surface area contributed by atoms with Crippen molar-refractivity contribution < 1.29 is 0 Å². The van der Waals surface area contributed by atoms with Gasteiger partial charge >= 0.3 is 0 Å². The van der Waals surface area contributed by atoms with Crippen molar-refractivity contribution in [3.8, 4) is 0 Å². The Morgan fingerprint density at radius 1 is 1.71 bits per heavy atom. The predicted octanol–water partition coefficient (Wildman–Crippen LogP) is 1.45. The average molecular weight is 211 g/mol. The van der Waals surface area contributed by atoms with E-state index >= 15 is 0 Å². The summed E-state index contributed by atoms with van der Waals surface area (Å²) in [5.74, 6) is 0. The van der Waals surface area contributed by atoms with E-state index in [1.165, 1.54) is 5.69 Å². The van der Waals surface area contributed by atoms with E-state index in [1.807, 2.05) is 5.51 Å². The predicted molar refractivity (Wildman–Crippen MR) is 59.2 cm³/mol. The largest absolute Gasteiger partial charge is 0.328 e. The molecule has 0 spiro atoms. The Bertz CT molecular complexity index is 273. The number of nitrogens with zero attached hydrogens (tertiary/aromatic N) is 2. The van der Waals surface area contributed by atoms with Crippen LogP contribution in [0.1, 0.15) is 25.5 Å².